The fourth-order valence-corrected chi connectivity index (χ4v) is 3.45. The average molecular weight is 430 g/mol. The van der Waals surface area contributed by atoms with E-state index in [1.165, 1.54) is 5.56 Å². The second-order valence-electron chi connectivity index (χ2n) is 7.27. The molecule has 1 aliphatic rings. The highest BCUT2D eigenvalue weighted by Crippen LogP contribution is 2.21. The smallest absolute Gasteiger partial charge is 0.480 e. The number of nitrogens with zero attached hydrogens (tertiary/aromatic N) is 2. The zero-order chi connectivity index (χ0) is 22.3. The number of likely N-dealkylation sites (tertiary alicyclic amines) is 1. The summed E-state index contributed by atoms with van der Waals surface area (Å²) in [6.07, 6.45) is -0.148. The van der Waals surface area contributed by atoms with Crippen LogP contribution in [0.15, 0.2) is 34.9 Å². The van der Waals surface area contributed by atoms with Crippen molar-refractivity contribution < 1.29 is 37.4 Å². The predicted octanol–water partition coefficient (Wildman–Crippen LogP) is 3.44. The molecular weight excluding hydrogens is 405 g/mol. The van der Waals surface area contributed by atoms with Crippen molar-refractivity contribution in [1.82, 2.24) is 9.80 Å². The molecule has 166 valence electrons. The molecule has 1 aromatic carbocycles. The molecule has 1 saturated heterocycles. The summed E-state index contributed by atoms with van der Waals surface area (Å²) < 4.78 is 37.1. The molecule has 0 aliphatic carbocycles. The molecule has 7 nitrogen and oxygen atoms in total. The van der Waals surface area contributed by atoms with Gasteiger partial charge in [-0.05, 0) is 63.2 Å². The van der Waals surface area contributed by atoms with E-state index in [1.807, 2.05) is 24.1 Å². The van der Waals surface area contributed by atoms with Crippen LogP contribution in [0.1, 0.15) is 24.8 Å². The number of halogens is 3. The van der Waals surface area contributed by atoms with Crippen molar-refractivity contribution in [3.05, 3.63) is 36.1 Å². The third-order valence-electron chi connectivity index (χ3n) is 4.96. The molecule has 0 amide bonds. The summed E-state index contributed by atoms with van der Waals surface area (Å²) in [5, 5.41) is 17.2. The zero-order valence-corrected chi connectivity index (χ0v) is 16.6. The Hall–Kier alpha value is -2.59. The van der Waals surface area contributed by atoms with Gasteiger partial charge in [-0.2, -0.15) is 13.2 Å². The lowest BCUT2D eigenvalue weighted by atomic mass is 10.1. The normalized spacial score (nSPS) is 18.0. The Balaban J connectivity index is 0.000000396. The molecule has 3 rings (SSSR count). The fraction of sp³-hybridized carbons (Fsp3) is 0.500. The summed E-state index contributed by atoms with van der Waals surface area (Å²) in [5.74, 6) is -3.51. The summed E-state index contributed by atoms with van der Waals surface area (Å²) in [5.41, 5.74) is 2.23. The Morgan fingerprint density at radius 3 is 2.53 bits per heavy atom. The number of rotatable bonds is 5. The van der Waals surface area contributed by atoms with Gasteiger partial charge in [-0.25, -0.2) is 4.79 Å². The van der Waals surface area contributed by atoms with E-state index in [1.54, 1.807) is 6.26 Å². The van der Waals surface area contributed by atoms with Crippen molar-refractivity contribution in [1.29, 1.82) is 0 Å². The number of hydrogen-bond acceptors (Lipinski definition) is 5. The molecule has 0 saturated carbocycles. The lowest BCUT2D eigenvalue weighted by Gasteiger charge is -2.25. The maximum Gasteiger partial charge on any atom is 0.490 e. The van der Waals surface area contributed by atoms with Gasteiger partial charge in [0.1, 0.15) is 5.58 Å². The third-order valence-corrected chi connectivity index (χ3v) is 4.96. The molecule has 1 unspecified atom stereocenters. The second kappa shape index (κ2) is 10.4. The Kier molecular flexibility index (Phi) is 8.24. The summed E-state index contributed by atoms with van der Waals surface area (Å²) in [4.78, 5) is 24.2. The van der Waals surface area contributed by atoms with Gasteiger partial charge in [0.25, 0.3) is 0 Å². The molecule has 1 aliphatic heterocycles. The maximum absolute atomic E-state index is 10.9. The zero-order valence-electron chi connectivity index (χ0n) is 16.6. The number of alkyl halides is 3. The lowest BCUT2D eigenvalue weighted by molar-refractivity contribution is -0.192. The van der Waals surface area contributed by atoms with Gasteiger partial charge in [-0.1, -0.05) is 6.07 Å². The van der Waals surface area contributed by atoms with E-state index in [-0.39, 0.29) is 6.54 Å². The van der Waals surface area contributed by atoms with E-state index in [0.29, 0.717) is 6.04 Å². The molecule has 2 heterocycles. The molecule has 2 aromatic rings. The quantitative estimate of drug-likeness (QED) is 0.751. The molecular formula is C20H25F3N2O5. The van der Waals surface area contributed by atoms with Crippen molar-refractivity contribution in [3.63, 3.8) is 0 Å². The van der Waals surface area contributed by atoms with Crippen LogP contribution in [-0.4, -0.2) is 70.9 Å². The predicted molar refractivity (Wildman–Crippen MR) is 103 cm³/mol. The molecule has 0 radical (unpaired) electrons. The van der Waals surface area contributed by atoms with Crippen LogP contribution in [0.5, 0.6) is 0 Å². The van der Waals surface area contributed by atoms with Gasteiger partial charge in [0.05, 0.1) is 12.8 Å². The highest BCUT2D eigenvalue weighted by atomic mass is 19.4. The van der Waals surface area contributed by atoms with E-state index in [2.05, 4.69) is 17.0 Å². The minimum Gasteiger partial charge on any atom is -0.480 e. The van der Waals surface area contributed by atoms with Crippen LogP contribution >= 0.6 is 0 Å². The van der Waals surface area contributed by atoms with Crippen molar-refractivity contribution in [3.8, 4) is 0 Å². The monoisotopic (exact) mass is 430 g/mol. The van der Waals surface area contributed by atoms with Crippen LogP contribution in [0.3, 0.4) is 0 Å². The molecule has 0 bridgehead atoms. The highest BCUT2D eigenvalue weighted by molar-refractivity contribution is 5.77. The van der Waals surface area contributed by atoms with Crippen molar-refractivity contribution in [2.45, 2.75) is 38.0 Å². The number of furan rings is 1. The van der Waals surface area contributed by atoms with Crippen LogP contribution in [0, 0.1) is 0 Å². The SMILES string of the molecule is CN(CC(=O)O)C1CCCN(Cc2ccc3occc3c2)CC1.O=C(O)C(F)(F)F. The van der Waals surface area contributed by atoms with E-state index >= 15 is 0 Å². The van der Waals surface area contributed by atoms with Crippen LogP contribution in [-0.2, 0) is 16.1 Å². The Labute approximate surface area is 171 Å². The van der Waals surface area contributed by atoms with Gasteiger partial charge in [0, 0.05) is 18.0 Å². The summed E-state index contributed by atoms with van der Waals surface area (Å²) >= 11 is 0. The van der Waals surface area contributed by atoms with Gasteiger partial charge in [-0.3, -0.25) is 14.6 Å². The van der Waals surface area contributed by atoms with E-state index in [9.17, 15) is 18.0 Å². The van der Waals surface area contributed by atoms with E-state index in [4.69, 9.17) is 19.4 Å². The first kappa shape index (κ1) is 23.7. The van der Waals surface area contributed by atoms with Gasteiger partial charge in [0.2, 0.25) is 0 Å². The minimum atomic E-state index is -5.08. The molecule has 30 heavy (non-hydrogen) atoms. The lowest BCUT2D eigenvalue weighted by Crippen LogP contribution is -2.36. The van der Waals surface area contributed by atoms with Crippen molar-refractivity contribution in [2.75, 3.05) is 26.7 Å². The Bertz CT molecular complexity index is 852. The van der Waals surface area contributed by atoms with Crippen LogP contribution in [0.2, 0.25) is 0 Å². The number of benzene rings is 1. The summed E-state index contributed by atoms with van der Waals surface area (Å²) in [7, 11) is 1.92. The van der Waals surface area contributed by atoms with Gasteiger partial charge in [-0.15, -0.1) is 0 Å². The Morgan fingerprint density at radius 2 is 1.90 bits per heavy atom. The summed E-state index contributed by atoms with van der Waals surface area (Å²) in [6, 6.07) is 8.72. The van der Waals surface area contributed by atoms with Gasteiger partial charge < -0.3 is 14.6 Å². The number of likely N-dealkylation sites (N-methyl/N-ethyl adjacent to an activating group) is 1. The number of fused-ring (bicyclic) bond motifs is 1. The highest BCUT2D eigenvalue weighted by Gasteiger charge is 2.38. The third kappa shape index (κ3) is 7.34. The fourth-order valence-electron chi connectivity index (χ4n) is 3.45. The first-order valence-electron chi connectivity index (χ1n) is 9.47. The van der Waals surface area contributed by atoms with Gasteiger partial charge in [0.15, 0.2) is 0 Å². The molecule has 0 spiro atoms. The second-order valence-corrected chi connectivity index (χ2v) is 7.27. The minimum absolute atomic E-state index is 0.127. The van der Waals surface area contributed by atoms with E-state index < -0.39 is 18.1 Å². The van der Waals surface area contributed by atoms with E-state index in [0.717, 1.165) is 49.9 Å². The van der Waals surface area contributed by atoms with Crippen LogP contribution in [0.4, 0.5) is 13.2 Å². The first-order valence-corrected chi connectivity index (χ1v) is 9.47. The molecule has 1 atom stereocenters. The largest absolute Gasteiger partial charge is 0.490 e. The Morgan fingerprint density at radius 1 is 1.20 bits per heavy atom. The standard InChI is InChI=1S/C18H24N2O3.C2HF3O2/c1-19(13-18(21)22)16-3-2-8-20(9-6-16)12-14-4-5-17-15(11-14)7-10-23-17;3-2(4,5)1(6)7/h4-5,7,10-11,16H,2-3,6,8-9,12-13H2,1H3,(H,21,22);(H,6,7). The number of aliphatic carboxylic acids is 2. The molecule has 1 aromatic heterocycles. The number of hydrogen-bond donors (Lipinski definition) is 2. The molecule has 10 heteroatoms. The van der Waals surface area contributed by atoms with Crippen LogP contribution < -0.4 is 0 Å². The average Bonchev–Trinajstić information content (AvgIpc) is 2.98. The first-order chi connectivity index (χ1) is 14.1. The number of carboxylic acid groups (broad SMARTS) is 2. The number of carboxylic acids is 2. The van der Waals surface area contributed by atoms with Crippen molar-refractivity contribution in [2.24, 2.45) is 0 Å². The topological polar surface area (TPSA) is 94.2 Å². The maximum atomic E-state index is 10.9. The van der Waals surface area contributed by atoms with Crippen LogP contribution in [0.25, 0.3) is 11.0 Å². The number of carbonyl (C=O) groups is 2. The van der Waals surface area contributed by atoms with Gasteiger partial charge >= 0.3 is 18.1 Å². The van der Waals surface area contributed by atoms with Crippen molar-refractivity contribution >= 4 is 22.9 Å². The molecule has 1 fully saturated rings. The molecule has 2 N–H and O–H groups in total. The summed E-state index contributed by atoms with van der Waals surface area (Å²) in [6.45, 7) is 3.15.